The maximum absolute atomic E-state index is 5.24. The predicted octanol–water partition coefficient (Wildman–Crippen LogP) is 12.0. The standard InChI is InChI=1S/C47H31N5S/c1-47(2)38-19-8-6-14-31(38)32-23-21-29(26-39(32)47)44-49-43(28-12-4-3-5-13-28)50-45(51-44)37-17-10-16-35-34-24-22-30(27-41(34)53-42(35)37)52-40-20-9-7-15-33(40)36-18-11-25-48-46(36)52/h3-27H,1-2H3. The van der Waals surface area contributed by atoms with Crippen LogP contribution in [0, 0.1) is 0 Å². The van der Waals surface area contributed by atoms with E-state index in [9.17, 15) is 0 Å². The van der Waals surface area contributed by atoms with Crippen LogP contribution in [-0.2, 0) is 5.41 Å². The maximum Gasteiger partial charge on any atom is 0.165 e. The zero-order chi connectivity index (χ0) is 35.3. The van der Waals surface area contributed by atoms with Crippen LogP contribution in [-0.4, -0.2) is 24.5 Å². The molecule has 0 amide bonds. The van der Waals surface area contributed by atoms with E-state index in [4.69, 9.17) is 19.9 Å². The van der Waals surface area contributed by atoms with Crippen LogP contribution in [0.3, 0.4) is 0 Å². The summed E-state index contributed by atoms with van der Waals surface area (Å²) in [5, 5.41) is 4.75. The molecule has 0 unspecified atom stereocenters. The van der Waals surface area contributed by atoms with Gasteiger partial charge in [0.1, 0.15) is 5.65 Å². The van der Waals surface area contributed by atoms with Gasteiger partial charge < -0.3 is 0 Å². The zero-order valence-electron chi connectivity index (χ0n) is 29.1. The lowest BCUT2D eigenvalue weighted by Crippen LogP contribution is -2.15. The molecule has 10 aromatic rings. The third-order valence-corrected chi connectivity index (χ3v) is 12.1. The molecular weight excluding hydrogens is 667 g/mol. The minimum atomic E-state index is -0.128. The molecule has 0 saturated carbocycles. The zero-order valence-corrected chi connectivity index (χ0v) is 29.9. The Morgan fingerprint density at radius 2 is 1.23 bits per heavy atom. The SMILES string of the molecule is CC1(C)c2ccccc2-c2ccc(-c3nc(-c4ccccc4)nc(-c4cccc5c4sc4cc(-n6c7ccccc7c7cccnc76)ccc45)n3)cc21. The highest BCUT2D eigenvalue weighted by molar-refractivity contribution is 7.26. The lowest BCUT2D eigenvalue weighted by atomic mass is 9.82. The summed E-state index contributed by atoms with van der Waals surface area (Å²) in [4.78, 5) is 20.3. The van der Waals surface area contributed by atoms with E-state index in [1.807, 2.05) is 30.5 Å². The Morgan fingerprint density at radius 3 is 2.13 bits per heavy atom. The van der Waals surface area contributed by atoms with Crippen molar-refractivity contribution in [2.45, 2.75) is 19.3 Å². The molecule has 0 aliphatic heterocycles. The molecule has 11 rings (SSSR count). The smallest absolute Gasteiger partial charge is 0.165 e. The monoisotopic (exact) mass is 697 g/mol. The minimum absolute atomic E-state index is 0.128. The van der Waals surface area contributed by atoms with E-state index in [0.717, 1.165) is 43.6 Å². The Kier molecular flexibility index (Phi) is 6.40. The van der Waals surface area contributed by atoms with Crippen molar-refractivity contribution in [2.75, 3.05) is 0 Å². The van der Waals surface area contributed by atoms with E-state index in [0.29, 0.717) is 17.5 Å². The van der Waals surface area contributed by atoms with Crippen LogP contribution in [0.15, 0.2) is 152 Å². The summed E-state index contributed by atoms with van der Waals surface area (Å²) in [6.45, 7) is 4.61. The topological polar surface area (TPSA) is 56.5 Å². The summed E-state index contributed by atoms with van der Waals surface area (Å²) >= 11 is 1.78. The molecule has 5 nitrogen and oxygen atoms in total. The molecule has 6 heteroatoms. The van der Waals surface area contributed by atoms with Gasteiger partial charge in [-0.25, -0.2) is 19.9 Å². The summed E-state index contributed by atoms with van der Waals surface area (Å²) in [5.74, 6) is 2.00. The van der Waals surface area contributed by atoms with Crippen molar-refractivity contribution in [1.82, 2.24) is 24.5 Å². The van der Waals surface area contributed by atoms with Gasteiger partial charge in [-0.05, 0) is 64.7 Å². The number of aromatic nitrogens is 5. The van der Waals surface area contributed by atoms with Gasteiger partial charge in [0.2, 0.25) is 0 Å². The van der Waals surface area contributed by atoms with Crippen LogP contribution in [0.5, 0.6) is 0 Å². The van der Waals surface area contributed by atoms with Gasteiger partial charge in [0, 0.05) is 64.9 Å². The Morgan fingerprint density at radius 1 is 0.509 bits per heavy atom. The molecule has 0 bridgehead atoms. The van der Waals surface area contributed by atoms with E-state index >= 15 is 0 Å². The van der Waals surface area contributed by atoms with Crippen molar-refractivity contribution >= 4 is 53.4 Å². The molecule has 0 fully saturated rings. The molecule has 1 aliphatic carbocycles. The number of para-hydroxylation sites is 1. The fraction of sp³-hybridized carbons (Fsp3) is 0.0638. The quantitative estimate of drug-likeness (QED) is 0.184. The fourth-order valence-corrected chi connectivity index (χ4v) is 9.59. The number of hydrogen-bond acceptors (Lipinski definition) is 5. The Hall–Kier alpha value is -6.50. The van der Waals surface area contributed by atoms with Gasteiger partial charge >= 0.3 is 0 Å². The lowest BCUT2D eigenvalue weighted by molar-refractivity contribution is 0.660. The van der Waals surface area contributed by atoms with Gasteiger partial charge in [-0.1, -0.05) is 117 Å². The number of rotatable bonds is 4. The first-order valence-corrected chi connectivity index (χ1v) is 18.7. The predicted molar refractivity (Wildman–Crippen MR) is 219 cm³/mol. The summed E-state index contributed by atoms with van der Waals surface area (Å²) in [6.07, 6.45) is 1.87. The molecule has 0 saturated heterocycles. The average Bonchev–Trinajstić information content (AvgIpc) is 3.83. The Labute approximate surface area is 309 Å². The molecule has 53 heavy (non-hydrogen) atoms. The highest BCUT2D eigenvalue weighted by Gasteiger charge is 2.35. The summed E-state index contributed by atoms with van der Waals surface area (Å²) in [5.41, 5.74) is 11.2. The van der Waals surface area contributed by atoms with Crippen LogP contribution in [0.2, 0.25) is 0 Å². The van der Waals surface area contributed by atoms with Gasteiger partial charge in [-0.3, -0.25) is 4.57 Å². The van der Waals surface area contributed by atoms with Gasteiger partial charge in [0.05, 0.1) is 5.52 Å². The van der Waals surface area contributed by atoms with Crippen LogP contribution in [0.1, 0.15) is 25.0 Å². The van der Waals surface area contributed by atoms with E-state index in [1.165, 1.54) is 43.1 Å². The summed E-state index contributed by atoms with van der Waals surface area (Å²) in [7, 11) is 0. The van der Waals surface area contributed by atoms with Crippen molar-refractivity contribution in [3.8, 4) is 51.0 Å². The highest BCUT2D eigenvalue weighted by Crippen LogP contribution is 2.49. The molecule has 4 heterocycles. The van der Waals surface area contributed by atoms with Crippen LogP contribution in [0.4, 0.5) is 0 Å². The first kappa shape index (κ1) is 30.2. The number of benzene rings is 6. The van der Waals surface area contributed by atoms with Gasteiger partial charge in [-0.15, -0.1) is 11.3 Å². The first-order chi connectivity index (χ1) is 26.0. The van der Waals surface area contributed by atoms with Gasteiger partial charge in [0.15, 0.2) is 17.5 Å². The van der Waals surface area contributed by atoms with Gasteiger partial charge in [-0.2, -0.15) is 0 Å². The molecule has 4 aromatic heterocycles. The van der Waals surface area contributed by atoms with E-state index in [2.05, 4.69) is 140 Å². The van der Waals surface area contributed by atoms with E-state index in [1.54, 1.807) is 11.3 Å². The fourth-order valence-electron chi connectivity index (χ4n) is 8.34. The number of thiophene rings is 1. The van der Waals surface area contributed by atoms with E-state index in [-0.39, 0.29) is 5.41 Å². The first-order valence-electron chi connectivity index (χ1n) is 17.9. The lowest BCUT2D eigenvalue weighted by Gasteiger charge is -2.21. The van der Waals surface area contributed by atoms with Crippen molar-refractivity contribution in [3.63, 3.8) is 0 Å². The molecule has 0 spiro atoms. The molecular formula is C47H31N5S. The number of fused-ring (bicyclic) bond motifs is 9. The normalized spacial score (nSPS) is 13.2. The summed E-state index contributed by atoms with van der Waals surface area (Å²) in [6, 6.07) is 51.6. The second-order valence-corrected chi connectivity index (χ2v) is 15.3. The number of hydrogen-bond donors (Lipinski definition) is 0. The number of nitrogens with zero attached hydrogens (tertiary/aromatic N) is 5. The van der Waals surface area contributed by atoms with Crippen LogP contribution >= 0.6 is 11.3 Å². The molecule has 250 valence electrons. The summed E-state index contributed by atoms with van der Waals surface area (Å²) < 4.78 is 4.63. The molecule has 6 aromatic carbocycles. The highest BCUT2D eigenvalue weighted by atomic mass is 32.1. The number of pyridine rings is 1. The Bertz CT molecular complexity index is 3050. The third kappa shape index (κ3) is 4.49. The van der Waals surface area contributed by atoms with Crippen LogP contribution in [0.25, 0.3) is 93.1 Å². The maximum atomic E-state index is 5.24. The molecule has 0 N–H and O–H groups in total. The largest absolute Gasteiger partial charge is 0.294 e. The van der Waals surface area contributed by atoms with E-state index < -0.39 is 0 Å². The molecule has 0 radical (unpaired) electrons. The Balaban J connectivity index is 1.09. The molecule has 0 atom stereocenters. The van der Waals surface area contributed by atoms with Crippen molar-refractivity contribution in [1.29, 1.82) is 0 Å². The molecule has 1 aliphatic rings. The van der Waals surface area contributed by atoms with Gasteiger partial charge in [0.25, 0.3) is 0 Å². The van der Waals surface area contributed by atoms with Crippen molar-refractivity contribution in [3.05, 3.63) is 163 Å². The minimum Gasteiger partial charge on any atom is -0.294 e. The second-order valence-electron chi connectivity index (χ2n) is 14.3. The third-order valence-electron chi connectivity index (χ3n) is 10.9. The van der Waals surface area contributed by atoms with Crippen molar-refractivity contribution in [2.24, 2.45) is 0 Å². The van der Waals surface area contributed by atoms with Crippen molar-refractivity contribution < 1.29 is 0 Å². The van der Waals surface area contributed by atoms with Crippen LogP contribution < -0.4 is 0 Å². The average molecular weight is 698 g/mol. The second kappa shape index (κ2) is 11.2.